The largest absolute Gasteiger partial charge is 0.379 e. The first-order valence-corrected chi connectivity index (χ1v) is 9.36. The molecule has 1 aromatic heterocycles. The van der Waals surface area contributed by atoms with Gasteiger partial charge in [0.2, 0.25) is 11.6 Å². The van der Waals surface area contributed by atoms with E-state index in [1.807, 2.05) is 26.8 Å². The van der Waals surface area contributed by atoms with Crippen molar-refractivity contribution in [3.05, 3.63) is 29.2 Å². The number of unbranched alkanes of at least 4 members (excludes halogenated alkanes) is 1. The van der Waals surface area contributed by atoms with Crippen LogP contribution in [-0.2, 0) is 16.1 Å². The summed E-state index contributed by atoms with van der Waals surface area (Å²) >= 11 is 0. The van der Waals surface area contributed by atoms with Crippen molar-refractivity contribution in [3.63, 3.8) is 0 Å². The number of nitrogens with zero attached hydrogens (tertiary/aromatic N) is 2. The molecule has 2 amide bonds. The number of pyridine rings is 1. The minimum Gasteiger partial charge on any atom is -0.379 e. The van der Waals surface area contributed by atoms with Crippen molar-refractivity contribution < 1.29 is 9.59 Å². The normalized spacial score (nSPS) is 22.2. The van der Waals surface area contributed by atoms with E-state index in [0.717, 1.165) is 36.3 Å². The summed E-state index contributed by atoms with van der Waals surface area (Å²) in [6, 6.07) is 1.52. The van der Waals surface area contributed by atoms with Crippen LogP contribution in [0.4, 0.5) is 11.5 Å². The minimum atomic E-state index is -0.424. The molecule has 0 aliphatic carbocycles. The molecule has 2 heterocycles. The number of carbonyl (C=O) groups excluding carboxylic acids is 2. The highest BCUT2D eigenvalue weighted by atomic mass is 16.2. The number of nitrogens with two attached hydrogens (primary N) is 1. The van der Waals surface area contributed by atoms with Gasteiger partial charge in [-0.3, -0.25) is 9.59 Å². The average molecular weight is 375 g/mol. The second-order valence-electron chi connectivity index (χ2n) is 7.00. The number of hydrogen-bond donors (Lipinski definition) is 4. The van der Waals surface area contributed by atoms with Crippen molar-refractivity contribution in [1.82, 2.24) is 25.6 Å². The highest BCUT2D eigenvalue weighted by Crippen LogP contribution is 2.36. The number of anilines is 1. The first kappa shape index (κ1) is 20.9. The fourth-order valence-electron chi connectivity index (χ4n) is 3.39. The molecule has 0 fully saturated rings. The lowest BCUT2D eigenvalue weighted by atomic mass is 10.1. The van der Waals surface area contributed by atoms with Gasteiger partial charge in [-0.05, 0) is 25.8 Å². The molecular weight excluding hydrogens is 344 g/mol. The quantitative estimate of drug-likeness (QED) is 0.427. The van der Waals surface area contributed by atoms with Crippen molar-refractivity contribution in [2.75, 3.05) is 12.3 Å². The first-order chi connectivity index (χ1) is 12.7. The van der Waals surface area contributed by atoms with Gasteiger partial charge in [0.25, 0.3) is 5.91 Å². The fraction of sp³-hybridized carbons (Fsp3) is 0.526. The summed E-state index contributed by atoms with van der Waals surface area (Å²) < 4.78 is 0.123. The van der Waals surface area contributed by atoms with Crippen molar-refractivity contribution in [3.8, 4) is 0 Å². The van der Waals surface area contributed by atoms with Gasteiger partial charge in [-0.15, -0.1) is 0 Å². The summed E-state index contributed by atoms with van der Waals surface area (Å²) in [6.45, 7) is 10.4. The maximum Gasteiger partial charge on any atom is 0.284 e. The third-order valence-electron chi connectivity index (χ3n) is 5.07. The van der Waals surface area contributed by atoms with Gasteiger partial charge in [-0.1, -0.05) is 13.3 Å². The molecule has 27 heavy (non-hydrogen) atoms. The number of aryl methyl sites for hydroxylation is 1. The van der Waals surface area contributed by atoms with Crippen LogP contribution in [0.5, 0.6) is 0 Å². The molecule has 0 radical (unpaired) electrons. The lowest BCUT2D eigenvalue weighted by molar-refractivity contribution is -0.126. The summed E-state index contributed by atoms with van der Waals surface area (Å²) in [5.74, 6) is 0.171. The van der Waals surface area contributed by atoms with Crippen LogP contribution in [0.25, 0.3) is 0 Å². The lowest BCUT2D eigenvalue weighted by Crippen LogP contribution is -2.69. The summed E-state index contributed by atoms with van der Waals surface area (Å²) in [5.41, 5.74) is 13.1. The molecular formula is C19H31N6O2+. The van der Waals surface area contributed by atoms with Gasteiger partial charge in [-0.25, -0.2) is 4.98 Å². The fourth-order valence-corrected chi connectivity index (χ4v) is 3.39. The van der Waals surface area contributed by atoms with Crippen LogP contribution in [-0.4, -0.2) is 29.4 Å². The van der Waals surface area contributed by atoms with E-state index < -0.39 is 6.04 Å². The highest BCUT2D eigenvalue weighted by molar-refractivity contribution is 5.87. The number of hydrogen-bond acceptors (Lipinski definition) is 5. The van der Waals surface area contributed by atoms with E-state index in [2.05, 4.69) is 28.0 Å². The van der Waals surface area contributed by atoms with E-state index in [1.54, 1.807) is 6.20 Å². The second-order valence-corrected chi connectivity index (χ2v) is 7.00. The third kappa shape index (κ3) is 4.12. The zero-order valence-corrected chi connectivity index (χ0v) is 16.8. The van der Waals surface area contributed by atoms with Crippen molar-refractivity contribution in [2.24, 2.45) is 0 Å². The topological polar surface area (TPSA) is 109 Å². The molecule has 0 bridgehead atoms. The van der Waals surface area contributed by atoms with Gasteiger partial charge in [-0.2, -0.15) is 10.0 Å². The zero-order valence-electron chi connectivity index (χ0n) is 16.8. The van der Waals surface area contributed by atoms with Crippen molar-refractivity contribution in [2.45, 2.75) is 60.0 Å². The second kappa shape index (κ2) is 8.49. The van der Waals surface area contributed by atoms with Gasteiger partial charge >= 0.3 is 0 Å². The molecule has 0 saturated heterocycles. The molecule has 1 unspecified atom stereocenters. The maximum atomic E-state index is 12.5. The van der Waals surface area contributed by atoms with Crippen LogP contribution in [0, 0.1) is 6.92 Å². The molecule has 0 aromatic carbocycles. The Balaban J connectivity index is 2.60. The summed E-state index contributed by atoms with van der Waals surface area (Å²) in [6.07, 6.45) is 3.72. The van der Waals surface area contributed by atoms with E-state index in [-0.39, 0.29) is 16.4 Å². The molecule has 0 spiro atoms. The standard InChI is InChI=1S/C19H30N6O2/c1-6-7-8-23-25(12(2)10-22-19(27)14(25)4)17-9-16(11-21-15(5)26)13(3)24-18(17)20/h9-10,14,23H,6-8,11H2,1-5H3,(H3-,20,21,22,24,26,27)/p+1/t14-,25?/m0/s1. The lowest BCUT2D eigenvalue weighted by Gasteiger charge is -2.43. The molecule has 8 nitrogen and oxygen atoms in total. The Bertz CT molecular complexity index is 761. The SMILES string of the molecule is CCCCN[N+]1(c2cc(CNC(C)=O)c(C)nc2N)C(C)=CNC(=O)[C@@H]1C. The van der Waals surface area contributed by atoms with Crippen molar-refractivity contribution >= 4 is 23.3 Å². The predicted molar refractivity (Wildman–Crippen MR) is 107 cm³/mol. The van der Waals surface area contributed by atoms with E-state index in [1.165, 1.54) is 6.92 Å². The number of nitrogen functional groups attached to an aromatic ring is 1. The molecule has 1 aliphatic heterocycles. The van der Waals surface area contributed by atoms with Crippen LogP contribution < -0.4 is 26.4 Å². The molecule has 0 saturated carbocycles. The Morgan fingerprint density at radius 2 is 2.11 bits per heavy atom. The monoisotopic (exact) mass is 375 g/mol. The number of amides is 2. The van der Waals surface area contributed by atoms with Crippen LogP contribution in [0.3, 0.4) is 0 Å². The Morgan fingerprint density at radius 1 is 1.41 bits per heavy atom. The van der Waals surface area contributed by atoms with Crippen LogP contribution in [0.15, 0.2) is 18.0 Å². The summed E-state index contributed by atoms with van der Waals surface area (Å²) in [7, 11) is 0. The number of allylic oxidation sites excluding steroid dienone is 1. The van der Waals surface area contributed by atoms with Gasteiger partial charge < -0.3 is 16.4 Å². The summed E-state index contributed by atoms with van der Waals surface area (Å²) in [5, 5.41) is 5.61. The third-order valence-corrected chi connectivity index (χ3v) is 5.07. The van der Waals surface area contributed by atoms with Gasteiger partial charge in [0.1, 0.15) is 5.70 Å². The van der Waals surface area contributed by atoms with Crippen LogP contribution >= 0.6 is 0 Å². The first-order valence-electron chi connectivity index (χ1n) is 9.36. The maximum absolute atomic E-state index is 12.5. The minimum absolute atomic E-state index is 0.0898. The summed E-state index contributed by atoms with van der Waals surface area (Å²) in [4.78, 5) is 28.3. The number of rotatable bonds is 7. The van der Waals surface area contributed by atoms with Crippen LogP contribution in [0.2, 0.25) is 0 Å². The van der Waals surface area contributed by atoms with Gasteiger partial charge in [0.05, 0.1) is 6.20 Å². The van der Waals surface area contributed by atoms with E-state index in [9.17, 15) is 9.59 Å². The molecule has 148 valence electrons. The molecule has 5 N–H and O–H groups in total. The van der Waals surface area contributed by atoms with Gasteiger partial charge in [0.15, 0.2) is 11.9 Å². The molecule has 1 aromatic rings. The molecule has 2 atom stereocenters. The van der Waals surface area contributed by atoms with E-state index in [4.69, 9.17) is 5.73 Å². The number of carbonyl (C=O) groups is 2. The Morgan fingerprint density at radius 3 is 2.74 bits per heavy atom. The molecule has 8 heteroatoms. The highest BCUT2D eigenvalue weighted by Gasteiger charge is 2.48. The van der Waals surface area contributed by atoms with Crippen LogP contribution in [0.1, 0.15) is 51.8 Å². The number of nitrogens with one attached hydrogen (secondary N) is 3. The predicted octanol–water partition coefficient (Wildman–Crippen LogP) is 1.60. The van der Waals surface area contributed by atoms with E-state index in [0.29, 0.717) is 18.1 Å². The van der Waals surface area contributed by atoms with Gasteiger partial charge in [0, 0.05) is 38.7 Å². The Labute approximate surface area is 160 Å². The zero-order chi connectivity index (χ0) is 20.2. The van der Waals surface area contributed by atoms with E-state index >= 15 is 0 Å². The average Bonchev–Trinajstić information content (AvgIpc) is 2.61. The molecule has 1 aliphatic rings. The smallest absolute Gasteiger partial charge is 0.284 e. The number of aromatic nitrogens is 1. The Hall–Kier alpha value is -2.45. The Kier molecular flexibility index (Phi) is 6.56. The molecule has 2 rings (SSSR count). The van der Waals surface area contributed by atoms with Crippen molar-refractivity contribution in [1.29, 1.82) is 0 Å². The number of quaternary nitrogens is 1.